The third-order valence-electron chi connectivity index (χ3n) is 4.01. The summed E-state index contributed by atoms with van der Waals surface area (Å²) in [5, 5.41) is 0. The van der Waals surface area contributed by atoms with Gasteiger partial charge in [0.25, 0.3) is 0 Å². The summed E-state index contributed by atoms with van der Waals surface area (Å²) in [6, 6.07) is 10.9. The standard InChI is InChI=1S/C19H33N.ClH/c20-18-14-9-7-5-3-1-2-4-6-8-11-15-19-16-12-10-13-17-19;/h10,12-13,16-17H,1-9,11,14-15,18,20H2;1H. The Labute approximate surface area is 138 Å². The molecule has 122 valence electrons. The van der Waals surface area contributed by atoms with Gasteiger partial charge in [0.1, 0.15) is 0 Å². The molecule has 0 aliphatic carbocycles. The Morgan fingerprint density at radius 1 is 0.571 bits per heavy atom. The van der Waals surface area contributed by atoms with Crippen LogP contribution in [0.4, 0.5) is 0 Å². The number of halogens is 1. The first-order valence-corrected chi connectivity index (χ1v) is 8.67. The van der Waals surface area contributed by atoms with E-state index >= 15 is 0 Å². The normalized spacial score (nSPS) is 10.3. The highest BCUT2D eigenvalue weighted by Gasteiger charge is 1.94. The fourth-order valence-corrected chi connectivity index (χ4v) is 2.71. The molecular weight excluding hydrogens is 278 g/mol. The Kier molecular flexibility index (Phi) is 15.5. The zero-order valence-corrected chi connectivity index (χ0v) is 14.4. The monoisotopic (exact) mass is 311 g/mol. The molecule has 1 rings (SSSR count). The van der Waals surface area contributed by atoms with Gasteiger partial charge in [0.2, 0.25) is 0 Å². The van der Waals surface area contributed by atoms with E-state index in [0.717, 1.165) is 6.54 Å². The predicted octanol–water partition coefficient (Wildman–Crippen LogP) is 5.90. The van der Waals surface area contributed by atoms with Gasteiger partial charge >= 0.3 is 0 Å². The van der Waals surface area contributed by atoms with Crippen LogP contribution >= 0.6 is 12.4 Å². The largest absolute Gasteiger partial charge is 0.330 e. The van der Waals surface area contributed by atoms with E-state index in [1.807, 2.05) is 0 Å². The van der Waals surface area contributed by atoms with Crippen molar-refractivity contribution in [2.75, 3.05) is 6.54 Å². The Balaban J connectivity index is 0.00000400. The number of hydrogen-bond acceptors (Lipinski definition) is 1. The molecule has 0 fully saturated rings. The van der Waals surface area contributed by atoms with Gasteiger partial charge in [-0.1, -0.05) is 88.1 Å². The van der Waals surface area contributed by atoms with Crippen LogP contribution in [-0.4, -0.2) is 6.54 Å². The first-order chi connectivity index (χ1) is 9.93. The van der Waals surface area contributed by atoms with Crippen molar-refractivity contribution in [1.29, 1.82) is 0 Å². The van der Waals surface area contributed by atoms with Crippen molar-refractivity contribution in [1.82, 2.24) is 0 Å². The summed E-state index contributed by atoms with van der Waals surface area (Å²) in [5.41, 5.74) is 6.98. The molecule has 0 spiro atoms. The molecule has 0 bridgehead atoms. The van der Waals surface area contributed by atoms with E-state index in [9.17, 15) is 0 Å². The van der Waals surface area contributed by atoms with E-state index in [0.29, 0.717) is 0 Å². The van der Waals surface area contributed by atoms with E-state index < -0.39 is 0 Å². The number of benzene rings is 1. The topological polar surface area (TPSA) is 26.0 Å². The van der Waals surface area contributed by atoms with Gasteiger partial charge in [0.05, 0.1) is 0 Å². The van der Waals surface area contributed by atoms with Crippen LogP contribution in [-0.2, 0) is 6.42 Å². The molecule has 0 saturated carbocycles. The summed E-state index contributed by atoms with van der Waals surface area (Å²) in [7, 11) is 0. The highest BCUT2D eigenvalue weighted by Crippen LogP contribution is 2.12. The van der Waals surface area contributed by atoms with E-state index in [4.69, 9.17) is 5.73 Å². The molecule has 0 unspecified atom stereocenters. The SMILES string of the molecule is Cl.NCCCCCCCCCCCCCc1ccccc1. The number of unbranched alkanes of at least 4 members (excludes halogenated alkanes) is 10. The molecule has 1 aromatic rings. The van der Waals surface area contributed by atoms with Crippen LogP contribution in [0.5, 0.6) is 0 Å². The lowest BCUT2D eigenvalue weighted by atomic mass is 10.0. The minimum Gasteiger partial charge on any atom is -0.330 e. The fourth-order valence-electron chi connectivity index (χ4n) is 2.71. The molecule has 0 amide bonds. The van der Waals surface area contributed by atoms with Crippen molar-refractivity contribution >= 4 is 12.4 Å². The minimum absolute atomic E-state index is 0. The smallest absolute Gasteiger partial charge is 0.00773 e. The van der Waals surface area contributed by atoms with Crippen LogP contribution in [0.1, 0.15) is 76.2 Å². The van der Waals surface area contributed by atoms with Gasteiger partial charge in [0.15, 0.2) is 0 Å². The van der Waals surface area contributed by atoms with Gasteiger partial charge in [-0.2, -0.15) is 0 Å². The van der Waals surface area contributed by atoms with Crippen molar-refractivity contribution in [3.05, 3.63) is 35.9 Å². The first kappa shape index (κ1) is 20.5. The summed E-state index contributed by atoms with van der Waals surface area (Å²) in [4.78, 5) is 0. The zero-order chi connectivity index (χ0) is 14.3. The molecule has 2 heteroatoms. The second-order valence-electron chi connectivity index (χ2n) is 5.91. The number of nitrogens with two attached hydrogens (primary N) is 1. The predicted molar refractivity (Wildman–Crippen MR) is 97.2 cm³/mol. The summed E-state index contributed by atoms with van der Waals surface area (Å²) >= 11 is 0. The Bertz CT molecular complexity index is 300. The van der Waals surface area contributed by atoms with Crippen LogP contribution in [0, 0.1) is 0 Å². The Morgan fingerprint density at radius 3 is 1.48 bits per heavy atom. The summed E-state index contributed by atoms with van der Waals surface area (Å²) in [5.74, 6) is 0. The van der Waals surface area contributed by atoms with Crippen molar-refractivity contribution < 1.29 is 0 Å². The lowest BCUT2D eigenvalue weighted by Gasteiger charge is -2.03. The lowest BCUT2D eigenvalue weighted by molar-refractivity contribution is 0.546. The molecule has 2 N–H and O–H groups in total. The average molecular weight is 312 g/mol. The molecule has 0 aromatic heterocycles. The van der Waals surface area contributed by atoms with E-state index in [-0.39, 0.29) is 12.4 Å². The highest BCUT2D eigenvalue weighted by atomic mass is 35.5. The van der Waals surface area contributed by atoms with Gasteiger partial charge in [-0.3, -0.25) is 0 Å². The van der Waals surface area contributed by atoms with Crippen LogP contribution in [0.3, 0.4) is 0 Å². The Morgan fingerprint density at radius 2 is 1.00 bits per heavy atom. The third kappa shape index (κ3) is 12.9. The van der Waals surface area contributed by atoms with Crippen LogP contribution in [0.25, 0.3) is 0 Å². The third-order valence-corrected chi connectivity index (χ3v) is 4.01. The number of rotatable bonds is 13. The van der Waals surface area contributed by atoms with Crippen molar-refractivity contribution in [3.8, 4) is 0 Å². The maximum Gasteiger partial charge on any atom is -0.00773 e. The lowest BCUT2D eigenvalue weighted by Crippen LogP contribution is -1.97. The van der Waals surface area contributed by atoms with Crippen LogP contribution < -0.4 is 5.73 Å². The molecule has 1 nitrogen and oxygen atoms in total. The van der Waals surface area contributed by atoms with E-state index in [2.05, 4.69) is 30.3 Å². The first-order valence-electron chi connectivity index (χ1n) is 8.67. The molecule has 0 heterocycles. The average Bonchev–Trinajstić information content (AvgIpc) is 2.49. The fraction of sp³-hybridized carbons (Fsp3) is 0.684. The number of aryl methyl sites for hydroxylation is 1. The van der Waals surface area contributed by atoms with E-state index in [1.165, 1.54) is 82.6 Å². The maximum absolute atomic E-state index is 5.49. The van der Waals surface area contributed by atoms with Crippen molar-refractivity contribution in [3.63, 3.8) is 0 Å². The minimum atomic E-state index is 0. The molecular formula is C19H34ClN. The summed E-state index contributed by atoms with van der Waals surface area (Å²) < 4.78 is 0. The summed E-state index contributed by atoms with van der Waals surface area (Å²) in [6.07, 6.45) is 16.5. The quantitative estimate of drug-likeness (QED) is 0.451. The molecule has 0 saturated heterocycles. The van der Waals surface area contributed by atoms with Gasteiger partial charge in [-0.05, 0) is 31.4 Å². The second-order valence-corrected chi connectivity index (χ2v) is 5.91. The second kappa shape index (κ2) is 15.9. The molecule has 0 atom stereocenters. The summed E-state index contributed by atoms with van der Waals surface area (Å²) in [6.45, 7) is 0.864. The Hall–Kier alpha value is -0.530. The van der Waals surface area contributed by atoms with Gasteiger partial charge in [0, 0.05) is 0 Å². The molecule has 1 aromatic carbocycles. The van der Waals surface area contributed by atoms with Crippen molar-refractivity contribution in [2.24, 2.45) is 5.73 Å². The van der Waals surface area contributed by atoms with Crippen molar-refractivity contribution in [2.45, 2.75) is 77.0 Å². The molecule has 0 aliphatic heterocycles. The molecule has 0 aliphatic rings. The maximum atomic E-state index is 5.49. The van der Waals surface area contributed by atoms with Crippen LogP contribution in [0.15, 0.2) is 30.3 Å². The van der Waals surface area contributed by atoms with Gasteiger partial charge < -0.3 is 5.73 Å². The van der Waals surface area contributed by atoms with Gasteiger partial charge in [-0.25, -0.2) is 0 Å². The zero-order valence-electron chi connectivity index (χ0n) is 13.6. The van der Waals surface area contributed by atoms with Crippen LogP contribution in [0.2, 0.25) is 0 Å². The highest BCUT2D eigenvalue weighted by molar-refractivity contribution is 5.85. The van der Waals surface area contributed by atoms with E-state index in [1.54, 1.807) is 0 Å². The molecule has 21 heavy (non-hydrogen) atoms. The number of hydrogen-bond donors (Lipinski definition) is 1. The molecule has 0 radical (unpaired) electrons. The van der Waals surface area contributed by atoms with Gasteiger partial charge in [-0.15, -0.1) is 12.4 Å².